The average molecular weight is 230 g/mol. The maximum absolute atomic E-state index is 8.87. The number of aryl methyl sites for hydroxylation is 1. The van der Waals surface area contributed by atoms with Crippen molar-refractivity contribution < 1.29 is 4.74 Å². The SMILES string of the molecule is Cc1ccc(C#N)cc1NCC1CCCOC1. The molecule has 2 rings (SSSR count). The third-order valence-corrected chi connectivity index (χ3v) is 3.20. The molecule has 90 valence electrons. The van der Waals surface area contributed by atoms with E-state index in [0.29, 0.717) is 11.5 Å². The lowest BCUT2D eigenvalue weighted by Gasteiger charge is -2.23. The van der Waals surface area contributed by atoms with Crippen LogP contribution in [0.3, 0.4) is 0 Å². The van der Waals surface area contributed by atoms with Crippen molar-refractivity contribution in [2.24, 2.45) is 5.92 Å². The van der Waals surface area contributed by atoms with Crippen LogP contribution >= 0.6 is 0 Å². The molecule has 3 heteroatoms. The van der Waals surface area contributed by atoms with Gasteiger partial charge in [-0.3, -0.25) is 0 Å². The third kappa shape index (κ3) is 3.21. The quantitative estimate of drug-likeness (QED) is 0.868. The van der Waals surface area contributed by atoms with Gasteiger partial charge in [0.1, 0.15) is 0 Å². The number of nitrogens with zero attached hydrogens (tertiary/aromatic N) is 1. The highest BCUT2D eigenvalue weighted by molar-refractivity contribution is 5.55. The molecule has 0 radical (unpaired) electrons. The Balaban J connectivity index is 1.95. The zero-order valence-corrected chi connectivity index (χ0v) is 10.2. The molecule has 1 aromatic carbocycles. The minimum absolute atomic E-state index is 0.592. The molecule has 1 unspecified atom stereocenters. The number of hydrogen-bond donors (Lipinski definition) is 1. The Morgan fingerprint density at radius 1 is 1.53 bits per heavy atom. The van der Waals surface area contributed by atoms with Gasteiger partial charge in [-0.1, -0.05) is 6.07 Å². The summed E-state index contributed by atoms with van der Waals surface area (Å²) in [7, 11) is 0. The van der Waals surface area contributed by atoms with Gasteiger partial charge in [-0.15, -0.1) is 0 Å². The number of nitrogens with one attached hydrogen (secondary N) is 1. The van der Waals surface area contributed by atoms with Gasteiger partial charge in [0.05, 0.1) is 18.2 Å². The van der Waals surface area contributed by atoms with Gasteiger partial charge >= 0.3 is 0 Å². The Kier molecular flexibility index (Phi) is 4.00. The van der Waals surface area contributed by atoms with Gasteiger partial charge in [-0.25, -0.2) is 0 Å². The molecule has 3 nitrogen and oxygen atoms in total. The van der Waals surface area contributed by atoms with Crippen LogP contribution in [0.25, 0.3) is 0 Å². The fraction of sp³-hybridized carbons (Fsp3) is 0.500. The van der Waals surface area contributed by atoms with E-state index in [2.05, 4.69) is 18.3 Å². The molecular formula is C14H18N2O. The van der Waals surface area contributed by atoms with Crippen molar-refractivity contribution in [2.75, 3.05) is 25.1 Å². The van der Waals surface area contributed by atoms with Crippen LogP contribution in [0.4, 0.5) is 5.69 Å². The Morgan fingerprint density at radius 3 is 3.12 bits per heavy atom. The topological polar surface area (TPSA) is 45.0 Å². The number of ether oxygens (including phenoxy) is 1. The maximum atomic E-state index is 8.87. The molecule has 0 amide bonds. The molecule has 1 aliphatic rings. The fourth-order valence-corrected chi connectivity index (χ4v) is 2.10. The monoisotopic (exact) mass is 230 g/mol. The van der Waals surface area contributed by atoms with Gasteiger partial charge in [0.25, 0.3) is 0 Å². The predicted molar refractivity (Wildman–Crippen MR) is 67.9 cm³/mol. The molecule has 1 aromatic rings. The molecule has 1 saturated heterocycles. The maximum Gasteiger partial charge on any atom is 0.0992 e. The first kappa shape index (κ1) is 11.9. The van der Waals surface area contributed by atoms with Crippen molar-refractivity contribution in [3.05, 3.63) is 29.3 Å². The summed E-state index contributed by atoms with van der Waals surface area (Å²) >= 11 is 0. The number of nitriles is 1. The predicted octanol–water partition coefficient (Wildman–Crippen LogP) is 2.71. The van der Waals surface area contributed by atoms with Gasteiger partial charge in [0.2, 0.25) is 0 Å². The van der Waals surface area contributed by atoms with E-state index >= 15 is 0 Å². The van der Waals surface area contributed by atoms with Crippen LogP contribution in [0.1, 0.15) is 24.0 Å². The molecule has 17 heavy (non-hydrogen) atoms. The summed E-state index contributed by atoms with van der Waals surface area (Å²) in [5, 5.41) is 12.3. The van der Waals surface area contributed by atoms with Crippen LogP contribution in [0.5, 0.6) is 0 Å². The van der Waals surface area contributed by atoms with E-state index in [9.17, 15) is 0 Å². The number of rotatable bonds is 3. The van der Waals surface area contributed by atoms with Crippen molar-refractivity contribution in [1.29, 1.82) is 5.26 Å². The first-order valence-corrected chi connectivity index (χ1v) is 6.12. The highest BCUT2D eigenvalue weighted by Gasteiger charge is 2.13. The molecule has 0 aromatic heterocycles. The molecule has 1 N–H and O–H groups in total. The van der Waals surface area contributed by atoms with Crippen molar-refractivity contribution in [3.8, 4) is 6.07 Å². The second-order valence-corrected chi connectivity index (χ2v) is 4.61. The van der Waals surface area contributed by atoms with Crippen molar-refractivity contribution in [2.45, 2.75) is 19.8 Å². The Hall–Kier alpha value is -1.53. The Bertz CT molecular complexity index is 417. The molecule has 0 aliphatic carbocycles. The molecule has 0 bridgehead atoms. The van der Waals surface area contributed by atoms with E-state index in [1.807, 2.05) is 18.2 Å². The van der Waals surface area contributed by atoms with Crippen LogP contribution in [0, 0.1) is 24.2 Å². The summed E-state index contributed by atoms with van der Waals surface area (Å²) < 4.78 is 5.45. The molecule has 1 fully saturated rings. The van der Waals surface area contributed by atoms with E-state index in [1.165, 1.54) is 12.0 Å². The first-order valence-electron chi connectivity index (χ1n) is 6.12. The van der Waals surface area contributed by atoms with E-state index < -0.39 is 0 Å². The van der Waals surface area contributed by atoms with Crippen LogP contribution in [-0.4, -0.2) is 19.8 Å². The highest BCUT2D eigenvalue weighted by atomic mass is 16.5. The van der Waals surface area contributed by atoms with E-state index in [4.69, 9.17) is 10.00 Å². The zero-order chi connectivity index (χ0) is 12.1. The molecular weight excluding hydrogens is 212 g/mol. The Morgan fingerprint density at radius 2 is 2.41 bits per heavy atom. The zero-order valence-electron chi connectivity index (χ0n) is 10.2. The molecule has 0 saturated carbocycles. The van der Waals surface area contributed by atoms with Gasteiger partial charge in [0.15, 0.2) is 0 Å². The minimum Gasteiger partial charge on any atom is -0.384 e. The lowest BCUT2D eigenvalue weighted by atomic mass is 10.0. The summed E-state index contributed by atoms with van der Waals surface area (Å²) in [6.45, 7) is 4.74. The second-order valence-electron chi connectivity index (χ2n) is 4.61. The van der Waals surface area contributed by atoms with Gasteiger partial charge in [-0.05, 0) is 43.4 Å². The second kappa shape index (κ2) is 5.70. The van der Waals surface area contributed by atoms with Crippen LogP contribution in [-0.2, 0) is 4.74 Å². The largest absolute Gasteiger partial charge is 0.384 e. The Labute approximate surface area is 102 Å². The van der Waals surface area contributed by atoms with Crippen molar-refractivity contribution >= 4 is 5.69 Å². The van der Waals surface area contributed by atoms with Crippen LogP contribution in [0.2, 0.25) is 0 Å². The van der Waals surface area contributed by atoms with Gasteiger partial charge in [-0.2, -0.15) is 5.26 Å². The lowest BCUT2D eigenvalue weighted by Crippen LogP contribution is -2.24. The summed E-state index contributed by atoms with van der Waals surface area (Å²) in [4.78, 5) is 0. The fourth-order valence-electron chi connectivity index (χ4n) is 2.10. The lowest BCUT2D eigenvalue weighted by molar-refractivity contribution is 0.0595. The molecule has 0 spiro atoms. The number of benzene rings is 1. The third-order valence-electron chi connectivity index (χ3n) is 3.20. The number of anilines is 1. The molecule has 1 aliphatic heterocycles. The smallest absolute Gasteiger partial charge is 0.0992 e. The van der Waals surface area contributed by atoms with Gasteiger partial charge in [0, 0.05) is 18.8 Å². The van der Waals surface area contributed by atoms with Gasteiger partial charge < -0.3 is 10.1 Å². The van der Waals surface area contributed by atoms with Crippen molar-refractivity contribution in [3.63, 3.8) is 0 Å². The standard InChI is InChI=1S/C14H18N2O/c1-11-4-5-12(8-15)7-14(11)16-9-13-3-2-6-17-10-13/h4-5,7,13,16H,2-3,6,9-10H2,1H3. The summed E-state index contributed by atoms with van der Waals surface area (Å²) in [5.41, 5.74) is 2.95. The van der Waals surface area contributed by atoms with Crippen LogP contribution in [0.15, 0.2) is 18.2 Å². The van der Waals surface area contributed by atoms with Crippen molar-refractivity contribution in [1.82, 2.24) is 0 Å². The van der Waals surface area contributed by atoms with E-state index in [-0.39, 0.29) is 0 Å². The summed E-state index contributed by atoms with van der Waals surface area (Å²) in [5.74, 6) is 0.592. The molecule has 1 heterocycles. The summed E-state index contributed by atoms with van der Waals surface area (Å²) in [6, 6.07) is 7.92. The normalized spacial score (nSPS) is 19.6. The first-order chi connectivity index (χ1) is 8.29. The number of hydrogen-bond acceptors (Lipinski definition) is 3. The van der Waals surface area contributed by atoms with E-state index in [1.54, 1.807) is 0 Å². The summed E-state index contributed by atoms with van der Waals surface area (Å²) in [6.07, 6.45) is 2.38. The minimum atomic E-state index is 0.592. The van der Waals surface area contributed by atoms with E-state index in [0.717, 1.165) is 31.9 Å². The molecule has 1 atom stereocenters. The van der Waals surface area contributed by atoms with Crippen LogP contribution < -0.4 is 5.32 Å². The highest BCUT2D eigenvalue weighted by Crippen LogP contribution is 2.19. The average Bonchev–Trinajstić information content (AvgIpc) is 2.39.